The lowest BCUT2D eigenvalue weighted by atomic mass is 10.0. The number of aromatic nitrogens is 1. The van der Waals surface area contributed by atoms with Crippen molar-refractivity contribution >= 4 is 16.9 Å². The maximum absolute atomic E-state index is 11.8. The molecule has 0 amide bonds. The summed E-state index contributed by atoms with van der Waals surface area (Å²) in [5.74, 6) is -0.279. The lowest BCUT2D eigenvalue weighted by molar-refractivity contribution is 0.0526. The minimum atomic E-state index is -0.279. The molecule has 0 radical (unpaired) electrons. The molecule has 0 saturated carbocycles. The molecule has 3 rings (SSSR count). The second-order valence-corrected chi connectivity index (χ2v) is 5.58. The average Bonchev–Trinajstić information content (AvgIpc) is 2.89. The van der Waals surface area contributed by atoms with E-state index in [4.69, 9.17) is 4.74 Å². The Bertz CT molecular complexity index is 826. The summed E-state index contributed by atoms with van der Waals surface area (Å²) >= 11 is 0. The van der Waals surface area contributed by atoms with Crippen molar-refractivity contribution in [3.05, 3.63) is 59.2 Å². The summed E-state index contributed by atoms with van der Waals surface area (Å²) in [5.41, 5.74) is 6.29. The quantitative estimate of drug-likeness (QED) is 0.715. The molecule has 0 bridgehead atoms. The number of carbonyl (C=O) groups is 1. The van der Waals surface area contributed by atoms with Crippen molar-refractivity contribution in [2.45, 2.75) is 20.8 Å². The van der Waals surface area contributed by atoms with Crippen molar-refractivity contribution < 1.29 is 9.53 Å². The summed E-state index contributed by atoms with van der Waals surface area (Å²) in [6, 6.07) is 14.1. The largest absolute Gasteiger partial charge is 0.462 e. The van der Waals surface area contributed by atoms with E-state index in [2.05, 4.69) is 43.1 Å². The summed E-state index contributed by atoms with van der Waals surface area (Å²) in [7, 11) is 0. The van der Waals surface area contributed by atoms with Crippen LogP contribution in [0.15, 0.2) is 42.5 Å². The SMILES string of the molecule is CCOC(=O)c1ccc2[nH]c(-c3cc(C)cc(C)c3)cc2c1. The Balaban J connectivity index is 2.04. The number of aryl methyl sites for hydroxylation is 2. The van der Waals surface area contributed by atoms with Gasteiger partial charge >= 0.3 is 5.97 Å². The number of esters is 1. The number of fused-ring (bicyclic) bond motifs is 1. The molecule has 112 valence electrons. The first-order valence-electron chi connectivity index (χ1n) is 7.45. The standard InChI is InChI=1S/C19H19NO2/c1-4-22-19(21)14-5-6-17-16(10-14)11-18(20-17)15-8-12(2)7-13(3)9-15/h5-11,20H,4H2,1-3H3. The first-order valence-corrected chi connectivity index (χ1v) is 7.45. The molecule has 0 atom stereocenters. The van der Waals surface area contributed by atoms with E-state index in [-0.39, 0.29) is 5.97 Å². The zero-order chi connectivity index (χ0) is 15.7. The molecule has 3 aromatic rings. The molecule has 3 heteroatoms. The zero-order valence-electron chi connectivity index (χ0n) is 13.1. The van der Waals surface area contributed by atoms with Crippen LogP contribution in [0.1, 0.15) is 28.4 Å². The summed E-state index contributed by atoms with van der Waals surface area (Å²) in [6.07, 6.45) is 0. The minimum Gasteiger partial charge on any atom is -0.462 e. The topological polar surface area (TPSA) is 42.1 Å². The minimum absolute atomic E-state index is 0.279. The molecule has 2 aromatic carbocycles. The number of rotatable bonds is 3. The predicted octanol–water partition coefficient (Wildman–Crippen LogP) is 4.63. The number of aromatic amines is 1. The lowest BCUT2D eigenvalue weighted by Crippen LogP contribution is -2.03. The van der Waals surface area contributed by atoms with Crippen molar-refractivity contribution in [2.24, 2.45) is 0 Å². The maximum atomic E-state index is 11.8. The van der Waals surface area contributed by atoms with Crippen molar-refractivity contribution in [1.29, 1.82) is 0 Å². The van der Waals surface area contributed by atoms with E-state index in [1.54, 1.807) is 6.07 Å². The molecule has 1 N–H and O–H groups in total. The van der Waals surface area contributed by atoms with E-state index in [1.165, 1.54) is 11.1 Å². The van der Waals surface area contributed by atoms with Gasteiger partial charge in [-0.25, -0.2) is 4.79 Å². The van der Waals surface area contributed by atoms with Crippen LogP contribution in [0.2, 0.25) is 0 Å². The lowest BCUT2D eigenvalue weighted by Gasteiger charge is -2.02. The molecule has 0 saturated heterocycles. The molecule has 0 fully saturated rings. The van der Waals surface area contributed by atoms with Gasteiger partial charge < -0.3 is 9.72 Å². The monoisotopic (exact) mass is 293 g/mol. The fourth-order valence-electron chi connectivity index (χ4n) is 2.76. The second kappa shape index (κ2) is 5.68. The molecular formula is C19H19NO2. The van der Waals surface area contributed by atoms with Gasteiger partial charge in [-0.3, -0.25) is 0 Å². The Morgan fingerprint density at radius 2 is 1.77 bits per heavy atom. The van der Waals surface area contributed by atoms with Crippen molar-refractivity contribution in [1.82, 2.24) is 4.98 Å². The third-order valence-electron chi connectivity index (χ3n) is 3.66. The number of benzene rings is 2. The highest BCUT2D eigenvalue weighted by molar-refractivity contribution is 5.96. The molecule has 1 aromatic heterocycles. The fraction of sp³-hybridized carbons (Fsp3) is 0.211. The molecule has 0 unspecified atom stereocenters. The van der Waals surface area contributed by atoms with Gasteiger partial charge in [-0.05, 0) is 62.7 Å². The van der Waals surface area contributed by atoms with E-state index in [0.29, 0.717) is 12.2 Å². The zero-order valence-corrected chi connectivity index (χ0v) is 13.1. The smallest absolute Gasteiger partial charge is 0.338 e. The molecule has 0 aliphatic heterocycles. The number of carbonyl (C=O) groups excluding carboxylic acids is 1. The highest BCUT2D eigenvalue weighted by Crippen LogP contribution is 2.26. The van der Waals surface area contributed by atoms with E-state index in [9.17, 15) is 4.79 Å². The Labute approximate surface area is 129 Å². The van der Waals surface area contributed by atoms with Crippen molar-refractivity contribution in [2.75, 3.05) is 6.61 Å². The number of ether oxygens (including phenoxy) is 1. The normalized spacial score (nSPS) is 10.9. The van der Waals surface area contributed by atoms with Crippen LogP contribution in [0.5, 0.6) is 0 Å². The first-order chi connectivity index (χ1) is 10.6. The average molecular weight is 293 g/mol. The third-order valence-corrected chi connectivity index (χ3v) is 3.66. The highest BCUT2D eigenvalue weighted by Gasteiger charge is 2.10. The van der Waals surface area contributed by atoms with E-state index < -0.39 is 0 Å². The molecule has 0 aliphatic rings. The van der Waals surface area contributed by atoms with Gasteiger partial charge in [0.1, 0.15) is 0 Å². The van der Waals surface area contributed by atoms with Crippen LogP contribution in [0.25, 0.3) is 22.2 Å². The van der Waals surface area contributed by atoms with Crippen molar-refractivity contribution in [3.8, 4) is 11.3 Å². The molecule has 0 aliphatic carbocycles. The van der Waals surface area contributed by atoms with Gasteiger partial charge in [-0.2, -0.15) is 0 Å². The van der Waals surface area contributed by atoms with Crippen LogP contribution in [-0.4, -0.2) is 17.6 Å². The Hall–Kier alpha value is -2.55. The van der Waals surface area contributed by atoms with E-state index in [1.807, 2.05) is 19.1 Å². The Morgan fingerprint density at radius 3 is 2.45 bits per heavy atom. The molecule has 0 spiro atoms. The Kier molecular flexibility index (Phi) is 3.72. The molecule has 22 heavy (non-hydrogen) atoms. The maximum Gasteiger partial charge on any atom is 0.338 e. The van der Waals surface area contributed by atoms with Gasteiger partial charge in [0.15, 0.2) is 0 Å². The van der Waals surface area contributed by atoms with Crippen LogP contribution in [0.3, 0.4) is 0 Å². The van der Waals surface area contributed by atoms with Gasteiger partial charge in [0.25, 0.3) is 0 Å². The summed E-state index contributed by atoms with van der Waals surface area (Å²) < 4.78 is 5.05. The predicted molar refractivity (Wildman–Crippen MR) is 89.2 cm³/mol. The van der Waals surface area contributed by atoms with Gasteiger partial charge in [0.2, 0.25) is 0 Å². The van der Waals surface area contributed by atoms with Crippen LogP contribution in [0.4, 0.5) is 0 Å². The summed E-state index contributed by atoms with van der Waals surface area (Å²) in [6.45, 7) is 6.39. The summed E-state index contributed by atoms with van der Waals surface area (Å²) in [4.78, 5) is 15.2. The molecular weight excluding hydrogens is 274 g/mol. The highest BCUT2D eigenvalue weighted by atomic mass is 16.5. The second-order valence-electron chi connectivity index (χ2n) is 5.58. The van der Waals surface area contributed by atoms with Crippen LogP contribution in [-0.2, 0) is 4.74 Å². The third kappa shape index (κ3) is 2.75. The molecule has 1 heterocycles. The number of nitrogens with one attached hydrogen (secondary N) is 1. The van der Waals surface area contributed by atoms with Crippen LogP contribution < -0.4 is 0 Å². The molecule has 3 nitrogen and oxygen atoms in total. The van der Waals surface area contributed by atoms with Gasteiger partial charge in [0, 0.05) is 16.6 Å². The van der Waals surface area contributed by atoms with E-state index >= 15 is 0 Å². The van der Waals surface area contributed by atoms with Gasteiger partial charge in [-0.15, -0.1) is 0 Å². The van der Waals surface area contributed by atoms with Crippen LogP contribution >= 0.6 is 0 Å². The number of hydrogen-bond acceptors (Lipinski definition) is 2. The summed E-state index contributed by atoms with van der Waals surface area (Å²) in [5, 5.41) is 1.01. The van der Waals surface area contributed by atoms with E-state index in [0.717, 1.165) is 22.2 Å². The van der Waals surface area contributed by atoms with Crippen molar-refractivity contribution in [3.63, 3.8) is 0 Å². The van der Waals surface area contributed by atoms with Gasteiger partial charge in [-0.1, -0.05) is 17.2 Å². The first kappa shape index (κ1) is 14.4. The van der Waals surface area contributed by atoms with Gasteiger partial charge in [0.05, 0.1) is 12.2 Å². The number of H-pyrrole nitrogens is 1. The Morgan fingerprint density at radius 1 is 1.05 bits per heavy atom. The fourth-order valence-corrected chi connectivity index (χ4v) is 2.76. The van der Waals surface area contributed by atoms with Crippen LogP contribution in [0, 0.1) is 13.8 Å². The number of hydrogen-bond donors (Lipinski definition) is 1.